The molecule has 0 amide bonds. The second-order valence-electron chi connectivity index (χ2n) is 6.28. The second kappa shape index (κ2) is 7.05. The molecular weight excluding hydrogens is 274 g/mol. The lowest BCUT2D eigenvalue weighted by atomic mass is 9.96. The van der Waals surface area contributed by atoms with Gasteiger partial charge in [-0.1, -0.05) is 17.6 Å². The number of rotatable bonds is 5. The van der Waals surface area contributed by atoms with E-state index in [0.29, 0.717) is 6.04 Å². The molecule has 1 aliphatic rings. The first kappa shape index (κ1) is 15.2. The van der Waals surface area contributed by atoms with Gasteiger partial charge in [0.1, 0.15) is 5.76 Å². The molecule has 0 N–H and O–H groups in total. The molecule has 1 aliphatic heterocycles. The summed E-state index contributed by atoms with van der Waals surface area (Å²) in [6.07, 6.45) is 8.05. The van der Waals surface area contributed by atoms with Gasteiger partial charge in [0.15, 0.2) is 0 Å². The molecule has 4 nitrogen and oxygen atoms in total. The Bertz CT molecular complexity index is 574. The lowest BCUT2D eigenvalue weighted by Crippen LogP contribution is -2.39. The van der Waals surface area contributed by atoms with Gasteiger partial charge in [-0.2, -0.15) is 0 Å². The van der Waals surface area contributed by atoms with Crippen LogP contribution in [0.2, 0.25) is 0 Å². The summed E-state index contributed by atoms with van der Waals surface area (Å²) < 4.78 is 5.31. The summed E-state index contributed by atoms with van der Waals surface area (Å²) in [7, 11) is 0. The number of aromatic nitrogens is 2. The Morgan fingerprint density at radius 3 is 2.91 bits per heavy atom. The Morgan fingerprint density at radius 1 is 1.27 bits per heavy atom. The van der Waals surface area contributed by atoms with Gasteiger partial charge in [-0.25, -0.2) is 0 Å². The smallest absolute Gasteiger partial charge is 0.138 e. The number of pyridine rings is 1. The summed E-state index contributed by atoms with van der Waals surface area (Å²) in [6.45, 7) is 6.20. The van der Waals surface area contributed by atoms with Crippen LogP contribution in [0, 0.1) is 13.8 Å². The molecule has 0 radical (unpaired) electrons. The highest BCUT2D eigenvalue weighted by Crippen LogP contribution is 2.25. The van der Waals surface area contributed by atoms with Crippen molar-refractivity contribution in [1.29, 1.82) is 0 Å². The van der Waals surface area contributed by atoms with E-state index in [1.165, 1.54) is 43.5 Å². The van der Waals surface area contributed by atoms with Gasteiger partial charge in [-0.3, -0.25) is 9.88 Å². The Hall–Kier alpha value is -1.68. The van der Waals surface area contributed by atoms with Crippen molar-refractivity contribution in [3.63, 3.8) is 0 Å². The van der Waals surface area contributed by atoms with E-state index in [0.717, 1.165) is 24.4 Å². The number of likely N-dealkylation sites (tertiary alicyclic amines) is 1. The molecule has 3 rings (SSSR count). The lowest BCUT2D eigenvalue weighted by Gasteiger charge is -2.35. The fraction of sp³-hybridized carbons (Fsp3) is 0.556. The zero-order valence-corrected chi connectivity index (χ0v) is 13.6. The van der Waals surface area contributed by atoms with Crippen molar-refractivity contribution in [2.75, 3.05) is 6.54 Å². The average molecular weight is 299 g/mol. The minimum atomic E-state index is 0.643. The molecule has 4 heteroatoms. The molecule has 1 fully saturated rings. The molecule has 0 aliphatic carbocycles. The third-order valence-electron chi connectivity index (χ3n) is 4.75. The summed E-state index contributed by atoms with van der Waals surface area (Å²) in [5.41, 5.74) is 3.50. The lowest BCUT2D eigenvalue weighted by molar-refractivity contribution is 0.131. The van der Waals surface area contributed by atoms with E-state index in [1.807, 2.05) is 26.1 Å². The average Bonchev–Trinajstić information content (AvgIpc) is 2.87. The monoisotopic (exact) mass is 299 g/mol. The van der Waals surface area contributed by atoms with Crippen LogP contribution in [0.1, 0.15) is 48.4 Å². The molecule has 118 valence electrons. The SMILES string of the molecule is Cc1noc(C)c1CN1CCCC[C@@H]1CCc1ccccn1. The fourth-order valence-corrected chi connectivity index (χ4v) is 3.39. The van der Waals surface area contributed by atoms with E-state index in [2.05, 4.69) is 27.2 Å². The molecular formula is C18H25N3O. The van der Waals surface area contributed by atoms with E-state index in [4.69, 9.17) is 4.52 Å². The van der Waals surface area contributed by atoms with Crippen molar-refractivity contribution < 1.29 is 4.52 Å². The van der Waals surface area contributed by atoms with Gasteiger partial charge >= 0.3 is 0 Å². The number of piperidine rings is 1. The van der Waals surface area contributed by atoms with Crippen molar-refractivity contribution in [1.82, 2.24) is 15.0 Å². The molecule has 2 aromatic heterocycles. The van der Waals surface area contributed by atoms with Gasteiger partial charge in [0, 0.05) is 30.0 Å². The molecule has 0 aromatic carbocycles. The van der Waals surface area contributed by atoms with Gasteiger partial charge in [0.2, 0.25) is 0 Å². The molecule has 0 spiro atoms. The maximum absolute atomic E-state index is 5.31. The van der Waals surface area contributed by atoms with Crippen molar-refractivity contribution >= 4 is 0 Å². The molecule has 22 heavy (non-hydrogen) atoms. The summed E-state index contributed by atoms with van der Waals surface area (Å²) in [5.74, 6) is 0.964. The van der Waals surface area contributed by atoms with Gasteiger partial charge in [0.25, 0.3) is 0 Å². The quantitative estimate of drug-likeness (QED) is 0.844. The first-order valence-corrected chi connectivity index (χ1v) is 8.30. The van der Waals surface area contributed by atoms with Crippen LogP contribution >= 0.6 is 0 Å². The summed E-state index contributed by atoms with van der Waals surface area (Å²) in [6, 6.07) is 6.82. The number of nitrogens with zero attached hydrogens (tertiary/aromatic N) is 3. The highest BCUT2D eigenvalue weighted by molar-refractivity contribution is 5.20. The van der Waals surface area contributed by atoms with E-state index in [1.54, 1.807) is 0 Å². The van der Waals surface area contributed by atoms with Crippen LogP contribution in [0.3, 0.4) is 0 Å². The highest BCUT2D eigenvalue weighted by atomic mass is 16.5. The summed E-state index contributed by atoms with van der Waals surface area (Å²) in [5, 5.41) is 4.09. The summed E-state index contributed by atoms with van der Waals surface area (Å²) in [4.78, 5) is 7.06. The Labute approximate surface area is 132 Å². The highest BCUT2D eigenvalue weighted by Gasteiger charge is 2.24. The van der Waals surface area contributed by atoms with Gasteiger partial charge in [-0.15, -0.1) is 0 Å². The summed E-state index contributed by atoms with van der Waals surface area (Å²) >= 11 is 0. The molecule has 2 aromatic rings. The van der Waals surface area contributed by atoms with Crippen LogP contribution in [-0.4, -0.2) is 27.6 Å². The van der Waals surface area contributed by atoms with Gasteiger partial charge < -0.3 is 4.52 Å². The first-order valence-electron chi connectivity index (χ1n) is 8.30. The zero-order chi connectivity index (χ0) is 15.4. The standard InChI is InChI=1S/C18H25N3O/c1-14-18(15(2)22-20-14)13-21-12-6-4-8-17(21)10-9-16-7-3-5-11-19-16/h3,5,7,11,17H,4,6,8-10,12-13H2,1-2H3/t17-/m1/s1. The van der Waals surface area contributed by atoms with Gasteiger partial charge in [0.05, 0.1) is 5.69 Å². The number of aryl methyl sites for hydroxylation is 3. The molecule has 1 atom stereocenters. The second-order valence-corrected chi connectivity index (χ2v) is 6.28. The predicted octanol–water partition coefficient (Wildman–Crippen LogP) is 3.67. The van der Waals surface area contributed by atoms with Crippen LogP contribution in [0.5, 0.6) is 0 Å². The van der Waals surface area contributed by atoms with Crippen molar-refractivity contribution in [2.24, 2.45) is 0 Å². The van der Waals surface area contributed by atoms with Crippen LogP contribution in [-0.2, 0) is 13.0 Å². The molecule has 1 saturated heterocycles. The van der Waals surface area contributed by atoms with Crippen LogP contribution < -0.4 is 0 Å². The van der Waals surface area contributed by atoms with Crippen molar-refractivity contribution in [2.45, 2.75) is 58.5 Å². The molecule has 3 heterocycles. The van der Waals surface area contributed by atoms with E-state index in [9.17, 15) is 0 Å². The van der Waals surface area contributed by atoms with Crippen molar-refractivity contribution in [3.8, 4) is 0 Å². The fourth-order valence-electron chi connectivity index (χ4n) is 3.39. The van der Waals surface area contributed by atoms with E-state index < -0.39 is 0 Å². The topological polar surface area (TPSA) is 42.2 Å². The van der Waals surface area contributed by atoms with Crippen molar-refractivity contribution in [3.05, 3.63) is 47.1 Å². The Morgan fingerprint density at radius 2 is 2.18 bits per heavy atom. The Balaban J connectivity index is 1.64. The van der Waals surface area contributed by atoms with Crippen LogP contribution in [0.15, 0.2) is 28.9 Å². The van der Waals surface area contributed by atoms with Crippen LogP contribution in [0.4, 0.5) is 0 Å². The van der Waals surface area contributed by atoms with E-state index in [-0.39, 0.29) is 0 Å². The maximum Gasteiger partial charge on any atom is 0.138 e. The zero-order valence-electron chi connectivity index (χ0n) is 13.6. The number of hydrogen-bond acceptors (Lipinski definition) is 4. The normalized spacial score (nSPS) is 19.5. The molecule has 0 bridgehead atoms. The first-order chi connectivity index (χ1) is 10.7. The largest absolute Gasteiger partial charge is 0.361 e. The van der Waals surface area contributed by atoms with Crippen LogP contribution in [0.25, 0.3) is 0 Å². The maximum atomic E-state index is 5.31. The minimum absolute atomic E-state index is 0.643. The number of hydrogen-bond donors (Lipinski definition) is 0. The van der Waals surface area contributed by atoms with E-state index >= 15 is 0 Å². The Kier molecular flexibility index (Phi) is 4.88. The van der Waals surface area contributed by atoms with Gasteiger partial charge in [-0.05, 0) is 58.2 Å². The molecule has 0 unspecified atom stereocenters. The minimum Gasteiger partial charge on any atom is -0.361 e. The predicted molar refractivity (Wildman–Crippen MR) is 86.6 cm³/mol. The molecule has 0 saturated carbocycles. The third kappa shape index (κ3) is 3.55. The third-order valence-corrected chi connectivity index (χ3v) is 4.75.